The summed E-state index contributed by atoms with van der Waals surface area (Å²) >= 11 is 0. The molecule has 5 heteroatoms. The lowest BCUT2D eigenvalue weighted by Gasteiger charge is -2.26. The van der Waals surface area contributed by atoms with Crippen molar-refractivity contribution in [2.75, 3.05) is 32.8 Å². The van der Waals surface area contributed by atoms with Crippen LogP contribution in [-0.2, 0) is 13.1 Å². The highest BCUT2D eigenvalue weighted by atomic mass is 16.5. The summed E-state index contributed by atoms with van der Waals surface area (Å²) in [5, 5.41) is 3.49. The first kappa shape index (κ1) is 18.9. The Hall–Kier alpha value is -1.85. The zero-order chi connectivity index (χ0) is 17.9. The third-order valence-corrected chi connectivity index (χ3v) is 4.92. The van der Waals surface area contributed by atoms with E-state index >= 15 is 0 Å². The van der Waals surface area contributed by atoms with E-state index in [9.17, 15) is 0 Å². The number of hydrogen-bond acceptors (Lipinski definition) is 4. The van der Waals surface area contributed by atoms with E-state index in [0.717, 1.165) is 44.8 Å². The Morgan fingerprint density at radius 3 is 2.62 bits per heavy atom. The molecule has 1 aliphatic heterocycles. The van der Waals surface area contributed by atoms with E-state index in [1.807, 2.05) is 18.7 Å². The maximum atomic E-state index is 5.88. The van der Waals surface area contributed by atoms with Gasteiger partial charge in [0, 0.05) is 32.0 Å². The Morgan fingerprint density at radius 2 is 1.85 bits per heavy atom. The van der Waals surface area contributed by atoms with E-state index in [0.29, 0.717) is 0 Å². The van der Waals surface area contributed by atoms with Crippen LogP contribution < -0.4 is 10.1 Å². The molecule has 3 rings (SSSR count). The van der Waals surface area contributed by atoms with Gasteiger partial charge in [0.25, 0.3) is 0 Å². The van der Waals surface area contributed by atoms with Crippen LogP contribution in [0.25, 0.3) is 0 Å². The van der Waals surface area contributed by atoms with Crippen molar-refractivity contribution < 1.29 is 4.74 Å². The summed E-state index contributed by atoms with van der Waals surface area (Å²) in [5.74, 6) is 0.979. The first-order valence-electron chi connectivity index (χ1n) is 10.0. The maximum Gasteiger partial charge on any atom is 0.119 e. The summed E-state index contributed by atoms with van der Waals surface area (Å²) < 4.78 is 7.99. The Balaban J connectivity index is 1.24. The number of nitrogens with one attached hydrogen (secondary N) is 1. The molecule has 0 bridgehead atoms. The molecular weight excluding hydrogens is 324 g/mol. The molecule has 1 aromatic carbocycles. The number of imidazole rings is 1. The average molecular weight is 357 g/mol. The van der Waals surface area contributed by atoms with Crippen molar-refractivity contribution in [3.63, 3.8) is 0 Å². The van der Waals surface area contributed by atoms with Crippen molar-refractivity contribution in [1.82, 2.24) is 19.8 Å². The predicted molar refractivity (Wildman–Crippen MR) is 105 cm³/mol. The highest BCUT2D eigenvalue weighted by Gasteiger charge is 2.08. The summed E-state index contributed by atoms with van der Waals surface area (Å²) in [4.78, 5) is 6.62. The van der Waals surface area contributed by atoms with Crippen molar-refractivity contribution in [1.29, 1.82) is 0 Å². The Labute approximate surface area is 157 Å². The second-order valence-electron chi connectivity index (χ2n) is 7.08. The van der Waals surface area contributed by atoms with Gasteiger partial charge in [-0.15, -0.1) is 0 Å². The Bertz CT molecular complexity index is 591. The van der Waals surface area contributed by atoms with Crippen molar-refractivity contribution in [3.8, 4) is 5.75 Å². The number of likely N-dealkylation sites (tertiary alicyclic amines) is 1. The number of piperidine rings is 1. The zero-order valence-corrected chi connectivity index (χ0v) is 15.8. The van der Waals surface area contributed by atoms with Gasteiger partial charge in [-0.2, -0.15) is 0 Å². The lowest BCUT2D eigenvalue weighted by atomic mass is 10.1. The monoisotopic (exact) mass is 356 g/mol. The number of ether oxygens (including phenoxy) is 1. The molecule has 1 aliphatic rings. The van der Waals surface area contributed by atoms with Crippen molar-refractivity contribution >= 4 is 0 Å². The summed E-state index contributed by atoms with van der Waals surface area (Å²) in [6, 6.07) is 8.48. The quantitative estimate of drug-likeness (QED) is 0.627. The number of nitrogens with zero attached hydrogens (tertiary/aromatic N) is 3. The molecule has 0 saturated carbocycles. The normalized spacial score (nSPS) is 15.2. The first-order valence-corrected chi connectivity index (χ1v) is 10.0. The summed E-state index contributed by atoms with van der Waals surface area (Å²) in [7, 11) is 0. The van der Waals surface area contributed by atoms with Gasteiger partial charge in [0.1, 0.15) is 5.75 Å². The largest absolute Gasteiger partial charge is 0.494 e. The molecule has 0 unspecified atom stereocenters. The van der Waals surface area contributed by atoms with Gasteiger partial charge in [0.15, 0.2) is 0 Å². The molecule has 142 valence electrons. The molecule has 2 heterocycles. The van der Waals surface area contributed by atoms with Gasteiger partial charge in [-0.3, -0.25) is 0 Å². The fourth-order valence-corrected chi connectivity index (χ4v) is 3.40. The van der Waals surface area contributed by atoms with Crippen LogP contribution in [0.5, 0.6) is 5.75 Å². The third kappa shape index (κ3) is 6.81. The number of benzene rings is 1. The number of aromatic nitrogens is 2. The minimum atomic E-state index is 0.808. The van der Waals surface area contributed by atoms with Crippen LogP contribution in [0.1, 0.15) is 37.7 Å². The molecular formula is C21H32N4O. The summed E-state index contributed by atoms with van der Waals surface area (Å²) in [6.07, 6.45) is 12.0. The minimum Gasteiger partial charge on any atom is -0.494 e. The first-order chi connectivity index (χ1) is 12.9. The molecule has 1 aromatic heterocycles. The highest BCUT2D eigenvalue weighted by Crippen LogP contribution is 2.13. The van der Waals surface area contributed by atoms with E-state index in [2.05, 4.69) is 44.0 Å². The molecule has 0 atom stereocenters. The van der Waals surface area contributed by atoms with Crippen LogP contribution in [-0.4, -0.2) is 47.2 Å². The second-order valence-corrected chi connectivity index (χ2v) is 7.08. The van der Waals surface area contributed by atoms with Crippen LogP contribution >= 0.6 is 0 Å². The van der Waals surface area contributed by atoms with Gasteiger partial charge in [0.2, 0.25) is 0 Å². The topological polar surface area (TPSA) is 42.3 Å². The molecule has 0 radical (unpaired) electrons. The van der Waals surface area contributed by atoms with E-state index < -0.39 is 0 Å². The Morgan fingerprint density at radius 1 is 1.00 bits per heavy atom. The van der Waals surface area contributed by atoms with E-state index in [1.54, 1.807) is 0 Å². The van der Waals surface area contributed by atoms with Crippen LogP contribution in [0.4, 0.5) is 0 Å². The molecule has 1 saturated heterocycles. The standard InChI is InChI=1S/C21H32N4O/c1-2-12-24(13-3-1)15-5-17-26-21-8-6-20(7-9-21)18-22-10-4-14-25-16-11-23-19-25/h6-9,11,16,19,22H,1-5,10,12-15,17-18H2. The highest BCUT2D eigenvalue weighted by molar-refractivity contribution is 5.27. The predicted octanol–water partition coefficient (Wildman–Crippen LogP) is 3.32. The fraction of sp³-hybridized carbons (Fsp3) is 0.571. The molecule has 26 heavy (non-hydrogen) atoms. The molecule has 0 amide bonds. The fourth-order valence-electron chi connectivity index (χ4n) is 3.40. The lowest BCUT2D eigenvalue weighted by Crippen LogP contribution is -2.31. The summed E-state index contributed by atoms with van der Waals surface area (Å²) in [5.41, 5.74) is 1.30. The smallest absolute Gasteiger partial charge is 0.119 e. The van der Waals surface area contributed by atoms with Gasteiger partial charge in [0.05, 0.1) is 12.9 Å². The van der Waals surface area contributed by atoms with Gasteiger partial charge >= 0.3 is 0 Å². The van der Waals surface area contributed by atoms with Gasteiger partial charge in [-0.05, 0) is 63.0 Å². The van der Waals surface area contributed by atoms with Crippen molar-refractivity contribution in [3.05, 3.63) is 48.5 Å². The summed E-state index contributed by atoms with van der Waals surface area (Å²) in [6.45, 7) is 7.43. The maximum absolute atomic E-state index is 5.88. The van der Waals surface area contributed by atoms with Gasteiger partial charge in [-0.1, -0.05) is 18.6 Å². The molecule has 1 N–H and O–H groups in total. The SMILES string of the molecule is c1cn(CCCNCc2ccc(OCCCN3CCCCC3)cc2)cn1. The average Bonchev–Trinajstić information content (AvgIpc) is 3.20. The van der Waals surface area contributed by atoms with E-state index in [-0.39, 0.29) is 0 Å². The van der Waals surface area contributed by atoms with Crippen LogP contribution in [0.3, 0.4) is 0 Å². The molecule has 0 aliphatic carbocycles. The van der Waals surface area contributed by atoms with E-state index in [1.165, 1.54) is 44.5 Å². The lowest BCUT2D eigenvalue weighted by molar-refractivity contribution is 0.205. The molecule has 0 spiro atoms. The number of hydrogen-bond donors (Lipinski definition) is 1. The molecule has 1 fully saturated rings. The minimum absolute atomic E-state index is 0.808. The number of rotatable bonds is 11. The van der Waals surface area contributed by atoms with E-state index in [4.69, 9.17) is 4.74 Å². The Kier molecular flexibility index (Phi) is 8.00. The second kappa shape index (κ2) is 11.0. The van der Waals surface area contributed by atoms with Crippen LogP contribution in [0.15, 0.2) is 43.0 Å². The van der Waals surface area contributed by atoms with Gasteiger partial charge < -0.3 is 19.5 Å². The zero-order valence-electron chi connectivity index (χ0n) is 15.8. The third-order valence-electron chi connectivity index (χ3n) is 4.92. The van der Waals surface area contributed by atoms with Crippen molar-refractivity contribution in [2.45, 2.75) is 45.2 Å². The number of aryl methyl sites for hydroxylation is 1. The van der Waals surface area contributed by atoms with Crippen molar-refractivity contribution in [2.24, 2.45) is 0 Å². The van der Waals surface area contributed by atoms with Gasteiger partial charge in [-0.25, -0.2) is 4.98 Å². The van der Waals surface area contributed by atoms with Crippen LogP contribution in [0, 0.1) is 0 Å². The van der Waals surface area contributed by atoms with Crippen LogP contribution in [0.2, 0.25) is 0 Å². The molecule has 2 aromatic rings. The molecule has 5 nitrogen and oxygen atoms in total.